The Bertz CT molecular complexity index is 877. The lowest BCUT2D eigenvalue weighted by atomic mass is 9.99. The van der Waals surface area contributed by atoms with Crippen molar-refractivity contribution in [2.24, 2.45) is 0 Å². The highest BCUT2D eigenvalue weighted by molar-refractivity contribution is 5.95. The summed E-state index contributed by atoms with van der Waals surface area (Å²) in [5, 5.41) is 5.87. The van der Waals surface area contributed by atoms with E-state index in [2.05, 4.69) is 10.6 Å². The molecule has 0 unspecified atom stereocenters. The number of rotatable bonds is 2. The third kappa shape index (κ3) is 4.70. The monoisotopic (exact) mass is 380 g/mol. The second-order valence-electron chi connectivity index (χ2n) is 7.16. The topological polar surface area (TPSA) is 76.7 Å². The summed E-state index contributed by atoms with van der Waals surface area (Å²) in [5.41, 5.74) is 3.14. The fourth-order valence-corrected chi connectivity index (χ4v) is 3.19. The first kappa shape index (κ1) is 18.5. The SMILES string of the molecule is O=C1NCCOCCOc2ccc(C(=O)NC3CC3)cc2Cc2cccc1c2. The molecule has 1 saturated carbocycles. The van der Waals surface area contributed by atoms with Gasteiger partial charge in [-0.25, -0.2) is 0 Å². The van der Waals surface area contributed by atoms with Crippen LogP contribution in [-0.2, 0) is 11.2 Å². The van der Waals surface area contributed by atoms with Crippen LogP contribution in [0.2, 0.25) is 0 Å². The summed E-state index contributed by atoms with van der Waals surface area (Å²) in [5.74, 6) is 0.566. The Morgan fingerprint density at radius 1 is 1.07 bits per heavy atom. The van der Waals surface area contributed by atoms with Gasteiger partial charge < -0.3 is 20.1 Å². The van der Waals surface area contributed by atoms with Crippen molar-refractivity contribution in [3.05, 3.63) is 64.7 Å². The largest absolute Gasteiger partial charge is 0.491 e. The summed E-state index contributed by atoms with van der Waals surface area (Å²) in [6.07, 6.45) is 2.67. The molecule has 2 aliphatic rings. The van der Waals surface area contributed by atoms with E-state index in [1.165, 1.54) is 0 Å². The number of nitrogens with one attached hydrogen (secondary N) is 2. The van der Waals surface area contributed by atoms with Crippen LogP contribution in [0.25, 0.3) is 0 Å². The Hall–Kier alpha value is -2.86. The van der Waals surface area contributed by atoms with E-state index in [1.807, 2.05) is 30.3 Å². The minimum absolute atomic E-state index is 0.0545. The molecule has 0 radical (unpaired) electrons. The van der Waals surface area contributed by atoms with Gasteiger partial charge in [0.25, 0.3) is 11.8 Å². The summed E-state index contributed by atoms with van der Waals surface area (Å²) < 4.78 is 11.4. The van der Waals surface area contributed by atoms with E-state index < -0.39 is 0 Å². The summed E-state index contributed by atoms with van der Waals surface area (Å²) in [7, 11) is 0. The number of hydrogen-bond acceptors (Lipinski definition) is 4. The molecule has 1 aliphatic heterocycles. The van der Waals surface area contributed by atoms with E-state index >= 15 is 0 Å². The molecule has 2 bridgehead atoms. The minimum atomic E-state index is -0.114. The van der Waals surface area contributed by atoms with Crippen molar-refractivity contribution < 1.29 is 19.1 Å². The first-order chi connectivity index (χ1) is 13.7. The van der Waals surface area contributed by atoms with Crippen molar-refractivity contribution in [1.29, 1.82) is 0 Å². The molecular weight excluding hydrogens is 356 g/mol. The van der Waals surface area contributed by atoms with Gasteiger partial charge >= 0.3 is 0 Å². The van der Waals surface area contributed by atoms with Crippen molar-refractivity contribution in [3.63, 3.8) is 0 Å². The molecule has 0 atom stereocenters. The maximum absolute atomic E-state index is 12.4. The summed E-state index contributed by atoms with van der Waals surface area (Å²) >= 11 is 0. The fourth-order valence-electron chi connectivity index (χ4n) is 3.19. The van der Waals surface area contributed by atoms with Crippen LogP contribution in [0, 0.1) is 0 Å². The molecule has 2 amide bonds. The number of amides is 2. The zero-order valence-corrected chi connectivity index (χ0v) is 15.7. The van der Waals surface area contributed by atoms with E-state index in [0.717, 1.165) is 29.7 Å². The fraction of sp³-hybridized carbons (Fsp3) is 0.364. The highest BCUT2D eigenvalue weighted by Crippen LogP contribution is 2.25. The predicted octanol–water partition coefficient (Wildman–Crippen LogP) is 2.31. The standard InChI is InChI=1S/C22H24N2O4/c25-21-16-3-1-2-15(12-16)13-18-14-17(22(26)24-19-5-6-19)4-7-20(18)28-11-10-27-9-8-23-21/h1-4,7,12,14,19H,5-6,8-11,13H2,(H,23,25)(H,24,26). The van der Waals surface area contributed by atoms with Gasteiger partial charge in [-0.1, -0.05) is 12.1 Å². The predicted molar refractivity (Wildman–Crippen MR) is 105 cm³/mol. The second kappa shape index (κ2) is 8.44. The van der Waals surface area contributed by atoms with Crippen molar-refractivity contribution in [1.82, 2.24) is 10.6 Å². The normalized spacial score (nSPS) is 17.5. The third-order valence-electron chi connectivity index (χ3n) is 4.84. The maximum Gasteiger partial charge on any atom is 0.251 e. The molecule has 2 aromatic rings. The number of carbonyl (C=O) groups is 2. The van der Waals surface area contributed by atoms with Gasteiger partial charge in [0.15, 0.2) is 0 Å². The van der Waals surface area contributed by atoms with Gasteiger partial charge in [-0.2, -0.15) is 0 Å². The number of carbonyl (C=O) groups excluding carboxylic acids is 2. The van der Waals surface area contributed by atoms with E-state index in [0.29, 0.717) is 50.0 Å². The van der Waals surface area contributed by atoms with Crippen molar-refractivity contribution in [2.75, 3.05) is 26.4 Å². The Labute approximate surface area is 164 Å². The Morgan fingerprint density at radius 3 is 2.82 bits per heavy atom. The van der Waals surface area contributed by atoms with E-state index in [1.54, 1.807) is 12.1 Å². The average Bonchev–Trinajstić information content (AvgIpc) is 3.51. The molecule has 0 spiro atoms. The Kier molecular flexibility index (Phi) is 5.58. The molecule has 1 fully saturated rings. The first-order valence-electron chi connectivity index (χ1n) is 9.70. The molecule has 28 heavy (non-hydrogen) atoms. The van der Waals surface area contributed by atoms with Crippen LogP contribution in [0.4, 0.5) is 0 Å². The molecule has 1 heterocycles. The second-order valence-corrected chi connectivity index (χ2v) is 7.16. The van der Waals surface area contributed by atoms with Crippen LogP contribution in [-0.4, -0.2) is 44.2 Å². The minimum Gasteiger partial charge on any atom is -0.491 e. The van der Waals surface area contributed by atoms with Crippen LogP contribution >= 0.6 is 0 Å². The smallest absolute Gasteiger partial charge is 0.251 e. The molecule has 1 aliphatic carbocycles. The van der Waals surface area contributed by atoms with Gasteiger partial charge in [-0.05, 0) is 54.3 Å². The lowest BCUT2D eigenvalue weighted by Crippen LogP contribution is -2.28. The zero-order chi connectivity index (χ0) is 19.3. The van der Waals surface area contributed by atoms with Crippen LogP contribution in [0.3, 0.4) is 0 Å². The molecule has 0 aromatic heterocycles. The van der Waals surface area contributed by atoms with Crippen molar-refractivity contribution >= 4 is 11.8 Å². The van der Waals surface area contributed by atoms with Gasteiger partial charge in [-0.3, -0.25) is 9.59 Å². The Morgan fingerprint density at radius 2 is 1.96 bits per heavy atom. The quantitative estimate of drug-likeness (QED) is 0.838. The van der Waals surface area contributed by atoms with Crippen LogP contribution in [0.1, 0.15) is 44.7 Å². The number of fused-ring (bicyclic) bond motifs is 3. The van der Waals surface area contributed by atoms with E-state index in [4.69, 9.17) is 9.47 Å². The molecule has 0 saturated heterocycles. The maximum atomic E-state index is 12.4. The highest BCUT2D eigenvalue weighted by Gasteiger charge is 2.24. The van der Waals surface area contributed by atoms with Crippen LogP contribution < -0.4 is 15.4 Å². The lowest BCUT2D eigenvalue weighted by Gasteiger charge is -2.15. The molecule has 6 nitrogen and oxygen atoms in total. The summed E-state index contributed by atoms with van der Waals surface area (Å²) in [6.45, 7) is 1.74. The van der Waals surface area contributed by atoms with Gasteiger partial charge in [0.2, 0.25) is 0 Å². The Balaban J connectivity index is 1.63. The summed E-state index contributed by atoms with van der Waals surface area (Å²) in [6, 6.07) is 13.4. The number of benzene rings is 2. The van der Waals surface area contributed by atoms with Crippen LogP contribution in [0.5, 0.6) is 5.75 Å². The third-order valence-corrected chi connectivity index (χ3v) is 4.84. The molecule has 6 heteroatoms. The van der Waals surface area contributed by atoms with Gasteiger partial charge in [-0.15, -0.1) is 0 Å². The molecule has 2 N–H and O–H groups in total. The van der Waals surface area contributed by atoms with Crippen LogP contribution in [0.15, 0.2) is 42.5 Å². The molecule has 4 rings (SSSR count). The zero-order valence-electron chi connectivity index (χ0n) is 15.7. The number of hydrogen-bond donors (Lipinski definition) is 2. The molecular formula is C22H24N2O4. The van der Waals surface area contributed by atoms with Gasteiger partial charge in [0.1, 0.15) is 12.4 Å². The van der Waals surface area contributed by atoms with Gasteiger partial charge in [0, 0.05) is 30.1 Å². The molecule has 2 aromatic carbocycles. The lowest BCUT2D eigenvalue weighted by molar-refractivity contribution is 0.0865. The van der Waals surface area contributed by atoms with Crippen molar-refractivity contribution in [3.8, 4) is 5.75 Å². The van der Waals surface area contributed by atoms with Gasteiger partial charge in [0.05, 0.1) is 13.2 Å². The van der Waals surface area contributed by atoms with E-state index in [9.17, 15) is 9.59 Å². The average molecular weight is 380 g/mol. The first-order valence-corrected chi connectivity index (χ1v) is 9.70. The highest BCUT2D eigenvalue weighted by atomic mass is 16.5. The molecule has 146 valence electrons. The summed E-state index contributed by atoms with van der Waals surface area (Å²) in [4.78, 5) is 24.7. The number of ether oxygens (including phenoxy) is 2. The van der Waals surface area contributed by atoms with E-state index in [-0.39, 0.29) is 11.8 Å². The van der Waals surface area contributed by atoms with Crippen molar-refractivity contribution in [2.45, 2.75) is 25.3 Å².